The van der Waals surface area contributed by atoms with Crippen LogP contribution in [0, 0.1) is 0 Å². The topological polar surface area (TPSA) is 34.1 Å². The van der Waals surface area contributed by atoms with E-state index >= 15 is 0 Å². The van der Waals surface area contributed by atoms with E-state index in [1.165, 1.54) is 11.8 Å². The molecule has 0 spiro atoms. The first kappa shape index (κ1) is 11.3. The standard InChI is InChI=1S/C8H7F3O2S/c9-8(10,11)7(13)4-5(12)6-2-1-3-14-6/h2H,1,3-4H2. The normalized spacial score (nSPS) is 16.6. The van der Waals surface area contributed by atoms with Crippen LogP contribution in [0.15, 0.2) is 11.0 Å². The van der Waals surface area contributed by atoms with Crippen LogP contribution >= 0.6 is 11.8 Å². The molecule has 2 nitrogen and oxygen atoms in total. The molecule has 0 radical (unpaired) electrons. The first-order valence-corrected chi connectivity index (χ1v) is 4.86. The molecule has 0 aromatic carbocycles. The maximum Gasteiger partial charge on any atom is 0.450 e. The first-order valence-electron chi connectivity index (χ1n) is 3.87. The van der Waals surface area contributed by atoms with Crippen LogP contribution in [0.2, 0.25) is 0 Å². The summed E-state index contributed by atoms with van der Waals surface area (Å²) in [6, 6.07) is 0. The summed E-state index contributed by atoms with van der Waals surface area (Å²) < 4.78 is 35.3. The van der Waals surface area contributed by atoms with Gasteiger partial charge in [0.15, 0.2) is 5.78 Å². The molecule has 0 aliphatic carbocycles. The van der Waals surface area contributed by atoms with Crippen LogP contribution in [0.3, 0.4) is 0 Å². The Morgan fingerprint density at radius 3 is 2.50 bits per heavy atom. The van der Waals surface area contributed by atoms with Crippen LogP contribution in [-0.2, 0) is 9.59 Å². The molecule has 0 aromatic rings. The molecule has 14 heavy (non-hydrogen) atoms. The van der Waals surface area contributed by atoms with Crippen LogP contribution < -0.4 is 0 Å². The number of carbonyl (C=O) groups excluding carboxylic acids is 2. The number of carbonyl (C=O) groups is 2. The number of alkyl halides is 3. The summed E-state index contributed by atoms with van der Waals surface area (Å²) in [6.45, 7) is 0. The van der Waals surface area contributed by atoms with Gasteiger partial charge in [-0.05, 0) is 6.42 Å². The molecule has 0 bridgehead atoms. The Labute approximate surface area is 82.5 Å². The quantitative estimate of drug-likeness (QED) is 0.688. The molecule has 6 heteroatoms. The van der Waals surface area contributed by atoms with Gasteiger partial charge in [-0.25, -0.2) is 0 Å². The number of hydrogen-bond acceptors (Lipinski definition) is 3. The van der Waals surface area contributed by atoms with Crippen LogP contribution in [0.1, 0.15) is 12.8 Å². The predicted octanol–water partition coefficient (Wildman–Crippen LogP) is 2.10. The largest absolute Gasteiger partial charge is 0.450 e. The van der Waals surface area contributed by atoms with Crippen molar-refractivity contribution >= 4 is 23.3 Å². The Balaban J connectivity index is 2.53. The minimum absolute atomic E-state index is 0.280. The van der Waals surface area contributed by atoms with Crippen molar-refractivity contribution < 1.29 is 22.8 Å². The third kappa shape index (κ3) is 2.87. The maximum atomic E-state index is 11.8. The fourth-order valence-corrected chi connectivity index (χ4v) is 1.87. The van der Waals surface area contributed by atoms with Gasteiger partial charge < -0.3 is 0 Å². The van der Waals surface area contributed by atoms with E-state index in [4.69, 9.17) is 0 Å². The lowest BCUT2D eigenvalue weighted by molar-refractivity contribution is -0.171. The van der Waals surface area contributed by atoms with E-state index in [-0.39, 0.29) is 4.91 Å². The molecule has 0 atom stereocenters. The van der Waals surface area contributed by atoms with Gasteiger partial charge in [0.2, 0.25) is 5.78 Å². The molecule has 0 fully saturated rings. The Bertz CT molecular complexity index is 293. The zero-order valence-electron chi connectivity index (χ0n) is 7.06. The molecular formula is C8H7F3O2S. The summed E-state index contributed by atoms with van der Waals surface area (Å²) in [7, 11) is 0. The van der Waals surface area contributed by atoms with E-state index in [9.17, 15) is 22.8 Å². The summed E-state index contributed by atoms with van der Waals surface area (Å²) in [5, 5.41) is 0. The molecule has 0 N–H and O–H groups in total. The highest BCUT2D eigenvalue weighted by Crippen LogP contribution is 2.27. The van der Waals surface area contributed by atoms with E-state index < -0.39 is 24.2 Å². The van der Waals surface area contributed by atoms with Crippen LogP contribution in [0.5, 0.6) is 0 Å². The highest BCUT2D eigenvalue weighted by Gasteiger charge is 2.39. The summed E-state index contributed by atoms with van der Waals surface area (Å²) in [5.74, 6) is -2.01. The molecule has 0 unspecified atom stereocenters. The third-order valence-electron chi connectivity index (χ3n) is 1.62. The summed E-state index contributed by atoms with van der Waals surface area (Å²) in [6.07, 6.45) is -3.73. The zero-order valence-corrected chi connectivity index (χ0v) is 7.87. The molecule has 1 heterocycles. The Morgan fingerprint density at radius 1 is 1.43 bits per heavy atom. The molecule has 0 amide bonds. The van der Waals surface area contributed by atoms with Crippen molar-refractivity contribution in [1.29, 1.82) is 0 Å². The number of hydrogen-bond donors (Lipinski definition) is 0. The number of halogens is 3. The molecule has 0 saturated carbocycles. The van der Waals surface area contributed by atoms with Crippen molar-refractivity contribution in [1.82, 2.24) is 0 Å². The van der Waals surface area contributed by atoms with Crippen molar-refractivity contribution in [3.8, 4) is 0 Å². The van der Waals surface area contributed by atoms with Crippen LogP contribution in [0.4, 0.5) is 13.2 Å². The fraction of sp³-hybridized carbons (Fsp3) is 0.500. The number of allylic oxidation sites excluding steroid dienone is 2. The monoisotopic (exact) mass is 224 g/mol. The van der Waals surface area contributed by atoms with Crippen LogP contribution in [0.25, 0.3) is 0 Å². The van der Waals surface area contributed by atoms with Gasteiger partial charge in [0.05, 0.1) is 6.42 Å². The summed E-state index contributed by atoms with van der Waals surface area (Å²) in [4.78, 5) is 21.8. The number of thioether (sulfide) groups is 1. The second kappa shape index (κ2) is 4.16. The average Bonchev–Trinajstić information content (AvgIpc) is 2.53. The molecule has 0 aromatic heterocycles. The molecule has 1 rings (SSSR count). The van der Waals surface area contributed by atoms with E-state index in [0.717, 1.165) is 0 Å². The molecule has 78 valence electrons. The smallest absolute Gasteiger partial charge is 0.293 e. The highest BCUT2D eigenvalue weighted by molar-refractivity contribution is 8.04. The van der Waals surface area contributed by atoms with Gasteiger partial charge in [-0.1, -0.05) is 6.08 Å². The van der Waals surface area contributed by atoms with Gasteiger partial charge >= 0.3 is 6.18 Å². The lowest BCUT2D eigenvalue weighted by atomic mass is 10.2. The first-order chi connectivity index (χ1) is 6.41. The van der Waals surface area contributed by atoms with Crippen molar-refractivity contribution in [3.63, 3.8) is 0 Å². The highest BCUT2D eigenvalue weighted by atomic mass is 32.2. The molecular weight excluding hydrogens is 217 g/mol. The maximum absolute atomic E-state index is 11.8. The van der Waals surface area contributed by atoms with Gasteiger partial charge in [0, 0.05) is 10.7 Å². The predicted molar refractivity (Wildman–Crippen MR) is 45.8 cm³/mol. The zero-order chi connectivity index (χ0) is 10.8. The van der Waals surface area contributed by atoms with Gasteiger partial charge in [-0.15, -0.1) is 11.8 Å². The average molecular weight is 224 g/mol. The van der Waals surface area contributed by atoms with Gasteiger partial charge in [0.1, 0.15) is 0 Å². The SMILES string of the molecule is O=C(CC(=O)C(F)(F)F)C1=CCCS1. The lowest BCUT2D eigenvalue weighted by Gasteiger charge is -2.04. The minimum Gasteiger partial charge on any atom is -0.293 e. The van der Waals surface area contributed by atoms with Crippen molar-refractivity contribution in [2.24, 2.45) is 0 Å². The lowest BCUT2D eigenvalue weighted by Crippen LogP contribution is -2.25. The van der Waals surface area contributed by atoms with E-state index in [1.807, 2.05) is 0 Å². The summed E-state index contributed by atoms with van der Waals surface area (Å²) in [5.41, 5.74) is 0. The third-order valence-corrected chi connectivity index (χ3v) is 2.76. The van der Waals surface area contributed by atoms with Crippen LogP contribution in [-0.4, -0.2) is 23.5 Å². The minimum atomic E-state index is -4.90. The fourth-order valence-electron chi connectivity index (χ4n) is 0.945. The van der Waals surface area contributed by atoms with Crippen molar-refractivity contribution in [2.75, 3.05) is 5.75 Å². The summed E-state index contributed by atoms with van der Waals surface area (Å²) >= 11 is 1.20. The molecule has 1 aliphatic rings. The number of Topliss-reactive ketones (excluding diaryl/α,β-unsaturated/α-hetero) is 2. The van der Waals surface area contributed by atoms with E-state index in [1.54, 1.807) is 6.08 Å². The Kier molecular flexibility index (Phi) is 3.36. The Morgan fingerprint density at radius 2 is 2.07 bits per heavy atom. The van der Waals surface area contributed by atoms with Crippen molar-refractivity contribution in [3.05, 3.63) is 11.0 Å². The van der Waals surface area contributed by atoms with Crippen molar-refractivity contribution in [2.45, 2.75) is 19.0 Å². The number of ketones is 2. The van der Waals surface area contributed by atoms with Gasteiger partial charge in [0.25, 0.3) is 0 Å². The number of rotatable bonds is 3. The Hall–Kier alpha value is -0.780. The van der Waals surface area contributed by atoms with Gasteiger partial charge in [-0.3, -0.25) is 9.59 Å². The molecule has 0 saturated heterocycles. The van der Waals surface area contributed by atoms with E-state index in [0.29, 0.717) is 12.2 Å². The molecule has 1 aliphatic heterocycles. The second-order valence-electron chi connectivity index (χ2n) is 2.73. The van der Waals surface area contributed by atoms with E-state index in [2.05, 4.69) is 0 Å². The second-order valence-corrected chi connectivity index (χ2v) is 3.86. The van der Waals surface area contributed by atoms with Gasteiger partial charge in [-0.2, -0.15) is 13.2 Å².